The first-order valence-corrected chi connectivity index (χ1v) is 8.17. The topological polar surface area (TPSA) is 75.6 Å². The van der Waals surface area contributed by atoms with Crippen molar-refractivity contribution in [2.45, 2.75) is 18.9 Å². The van der Waals surface area contributed by atoms with E-state index in [1.807, 2.05) is 0 Å². The molecule has 2 rings (SSSR count). The molecule has 1 aromatic rings. The van der Waals surface area contributed by atoms with Crippen LogP contribution in [-0.4, -0.2) is 38.6 Å². The summed E-state index contributed by atoms with van der Waals surface area (Å²) in [6.07, 6.45) is 1.25. The van der Waals surface area contributed by atoms with Crippen LogP contribution in [0.2, 0.25) is 0 Å². The van der Waals surface area contributed by atoms with E-state index in [4.69, 9.17) is 9.84 Å². The molecule has 0 spiro atoms. The number of aliphatic hydroxyl groups is 1. The fourth-order valence-electron chi connectivity index (χ4n) is 2.07. The van der Waals surface area contributed by atoms with E-state index in [2.05, 4.69) is 16.6 Å². The molecule has 114 valence electrons. The summed E-state index contributed by atoms with van der Waals surface area (Å²) in [4.78, 5) is 0. The van der Waals surface area contributed by atoms with Gasteiger partial charge in [0.15, 0.2) is 0 Å². The van der Waals surface area contributed by atoms with Gasteiger partial charge < -0.3 is 9.84 Å². The maximum Gasteiger partial charge on any atom is 0.235 e. The molecule has 1 unspecified atom stereocenters. The summed E-state index contributed by atoms with van der Waals surface area (Å²) in [6, 6.07) is 3.57. The Labute approximate surface area is 123 Å². The lowest BCUT2D eigenvalue weighted by Crippen LogP contribution is -2.26. The minimum absolute atomic E-state index is 0.142. The van der Waals surface area contributed by atoms with Crippen molar-refractivity contribution >= 4 is 15.7 Å². The van der Waals surface area contributed by atoms with E-state index in [1.165, 1.54) is 6.07 Å². The molecule has 0 radical (unpaired) electrons. The quantitative estimate of drug-likeness (QED) is 0.816. The fourth-order valence-corrected chi connectivity index (χ4v) is 3.42. The highest BCUT2D eigenvalue weighted by Gasteiger charge is 2.23. The van der Waals surface area contributed by atoms with Gasteiger partial charge in [-0.2, -0.15) is 0 Å². The van der Waals surface area contributed by atoms with Crippen LogP contribution in [0.3, 0.4) is 0 Å². The summed E-state index contributed by atoms with van der Waals surface area (Å²) in [5, 5.41) is 8.69. The Bertz CT molecular complexity index is 657. The van der Waals surface area contributed by atoms with Crippen LogP contribution in [0.5, 0.6) is 0 Å². The van der Waals surface area contributed by atoms with Gasteiger partial charge >= 0.3 is 0 Å². The van der Waals surface area contributed by atoms with Crippen LogP contribution >= 0.6 is 0 Å². The molecule has 1 atom stereocenters. The van der Waals surface area contributed by atoms with Crippen LogP contribution in [0.15, 0.2) is 18.2 Å². The molecule has 0 bridgehead atoms. The first-order valence-electron chi connectivity index (χ1n) is 6.51. The first-order chi connectivity index (χ1) is 10.00. The zero-order valence-electron chi connectivity index (χ0n) is 11.3. The molecule has 1 aliphatic rings. The highest BCUT2D eigenvalue weighted by Crippen LogP contribution is 2.20. The lowest BCUT2D eigenvalue weighted by Gasteiger charge is -2.13. The Hall–Kier alpha value is -1.62. The average molecular weight is 313 g/mol. The van der Waals surface area contributed by atoms with E-state index in [0.29, 0.717) is 13.0 Å². The summed E-state index contributed by atoms with van der Waals surface area (Å²) >= 11 is 0. The number of ether oxygens (including phenoxy) is 1. The van der Waals surface area contributed by atoms with Gasteiger partial charge in [0.1, 0.15) is 12.4 Å². The summed E-state index contributed by atoms with van der Waals surface area (Å²) in [5.74, 6) is 4.22. The summed E-state index contributed by atoms with van der Waals surface area (Å²) in [6.45, 7) is 0.183. The molecule has 1 aromatic carbocycles. The van der Waals surface area contributed by atoms with Gasteiger partial charge in [0, 0.05) is 6.61 Å². The van der Waals surface area contributed by atoms with Crippen molar-refractivity contribution in [1.29, 1.82) is 0 Å². The number of sulfonamides is 1. The van der Waals surface area contributed by atoms with E-state index in [-0.39, 0.29) is 23.1 Å². The minimum Gasteiger partial charge on any atom is -0.384 e. The molecule has 21 heavy (non-hydrogen) atoms. The molecule has 0 saturated carbocycles. The van der Waals surface area contributed by atoms with Crippen molar-refractivity contribution in [2.24, 2.45) is 0 Å². The van der Waals surface area contributed by atoms with Crippen molar-refractivity contribution in [3.05, 3.63) is 29.6 Å². The molecule has 1 saturated heterocycles. The Balaban J connectivity index is 2.17. The van der Waals surface area contributed by atoms with Gasteiger partial charge in [0.2, 0.25) is 10.0 Å². The number of anilines is 1. The van der Waals surface area contributed by atoms with Crippen molar-refractivity contribution < 1.29 is 22.7 Å². The van der Waals surface area contributed by atoms with Crippen LogP contribution in [0.1, 0.15) is 18.4 Å². The Morgan fingerprint density at radius 2 is 2.29 bits per heavy atom. The molecular formula is C14H16FNO4S. The Kier molecular flexibility index (Phi) is 5.17. The summed E-state index contributed by atoms with van der Waals surface area (Å²) in [7, 11) is -3.61. The standard InChI is InChI=1S/C14H16FNO4S/c15-12-5-6-14(11(9-12)3-1-7-17)16-21(18,19)10-13-4-2-8-20-13/h5-6,9,13,16-17H,2,4,7-8,10H2. The van der Waals surface area contributed by atoms with Gasteiger partial charge in [-0.25, -0.2) is 12.8 Å². The molecule has 0 amide bonds. The first kappa shape index (κ1) is 15.8. The molecule has 7 heteroatoms. The monoisotopic (exact) mass is 313 g/mol. The summed E-state index contributed by atoms with van der Waals surface area (Å²) in [5.41, 5.74) is 0.371. The van der Waals surface area contributed by atoms with Gasteiger partial charge in [0.05, 0.1) is 23.1 Å². The van der Waals surface area contributed by atoms with Gasteiger partial charge in [-0.3, -0.25) is 4.72 Å². The smallest absolute Gasteiger partial charge is 0.235 e. The van der Waals surface area contributed by atoms with E-state index in [0.717, 1.165) is 18.6 Å². The van der Waals surface area contributed by atoms with Crippen molar-refractivity contribution in [2.75, 3.05) is 23.7 Å². The number of aliphatic hydroxyl groups excluding tert-OH is 1. The molecule has 1 aliphatic heterocycles. The highest BCUT2D eigenvalue weighted by atomic mass is 32.2. The van der Waals surface area contributed by atoms with E-state index < -0.39 is 22.4 Å². The maximum atomic E-state index is 13.2. The zero-order chi connectivity index (χ0) is 15.3. The SMILES string of the molecule is O=S(=O)(CC1CCCO1)Nc1ccc(F)cc1C#CCO. The van der Waals surface area contributed by atoms with Gasteiger partial charge in [-0.1, -0.05) is 11.8 Å². The molecule has 0 aromatic heterocycles. The molecule has 2 N–H and O–H groups in total. The van der Waals surface area contributed by atoms with Crippen molar-refractivity contribution in [1.82, 2.24) is 0 Å². The third kappa shape index (κ3) is 4.70. The van der Waals surface area contributed by atoms with Crippen LogP contribution in [0.4, 0.5) is 10.1 Å². The van der Waals surface area contributed by atoms with Crippen molar-refractivity contribution in [3.63, 3.8) is 0 Å². The van der Waals surface area contributed by atoms with Crippen LogP contribution in [-0.2, 0) is 14.8 Å². The Morgan fingerprint density at radius 1 is 1.48 bits per heavy atom. The van der Waals surface area contributed by atoms with Crippen LogP contribution in [0.25, 0.3) is 0 Å². The van der Waals surface area contributed by atoms with E-state index >= 15 is 0 Å². The van der Waals surface area contributed by atoms with E-state index in [9.17, 15) is 12.8 Å². The maximum absolute atomic E-state index is 13.2. The van der Waals surface area contributed by atoms with E-state index in [1.54, 1.807) is 0 Å². The van der Waals surface area contributed by atoms with Crippen LogP contribution in [0, 0.1) is 17.7 Å². The summed E-state index contributed by atoms with van der Waals surface area (Å²) < 4.78 is 45.1. The number of hydrogen-bond acceptors (Lipinski definition) is 4. The third-order valence-corrected chi connectivity index (χ3v) is 4.32. The second-order valence-corrected chi connectivity index (χ2v) is 6.44. The molecule has 0 aliphatic carbocycles. The normalized spacial score (nSPS) is 18.1. The largest absolute Gasteiger partial charge is 0.384 e. The molecule has 1 heterocycles. The number of nitrogens with one attached hydrogen (secondary N) is 1. The van der Waals surface area contributed by atoms with Crippen LogP contribution < -0.4 is 4.72 Å². The number of halogens is 1. The number of rotatable bonds is 4. The number of benzene rings is 1. The zero-order valence-corrected chi connectivity index (χ0v) is 12.1. The lowest BCUT2D eigenvalue weighted by molar-refractivity contribution is 0.127. The second-order valence-electron chi connectivity index (χ2n) is 4.67. The van der Waals surface area contributed by atoms with Gasteiger partial charge in [-0.15, -0.1) is 0 Å². The third-order valence-electron chi connectivity index (χ3n) is 2.98. The average Bonchev–Trinajstić information content (AvgIpc) is 2.90. The molecule has 1 fully saturated rings. The lowest BCUT2D eigenvalue weighted by atomic mass is 10.2. The minimum atomic E-state index is -3.61. The predicted molar refractivity (Wildman–Crippen MR) is 76.7 cm³/mol. The molecular weight excluding hydrogens is 297 g/mol. The Morgan fingerprint density at radius 3 is 2.95 bits per heavy atom. The predicted octanol–water partition coefficient (Wildman–Crippen LogP) is 1.09. The second kappa shape index (κ2) is 6.89. The highest BCUT2D eigenvalue weighted by molar-refractivity contribution is 7.92. The fraction of sp³-hybridized carbons (Fsp3) is 0.429. The number of hydrogen-bond donors (Lipinski definition) is 2. The van der Waals surface area contributed by atoms with Gasteiger partial charge in [0.25, 0.3) is 0 Å². The van der Waals surface area contributed by atoms with Crippen molar-refractivity contribution in [3.8, 4) is 11.8 Å². The van der Waals surface area contributed by atoms with Gasteiger partial charge in [-0.05, 0) is 31.0 Å². The molecule has 5 nitrogen and oxygen atoms in total.